The van der Waals surface area contributed by atoms with Crippen LogP contribution in [0.15, 0.2) is 29.2 Å². The van der Waals surface area contributed by atoms with Crippen molar-refractivity contribution in [3.8, 4) is 12.3 Å². The molecule has 0 bridgehead atoms. The highest BCUT2D eigenvalue weighted by molar-refractivity contribution is 8.13. The zero-order chi connectivity index (χ0) is 10.4. The van der Waals surface area contributed by atoms with E-state index in [1.165, 1.54) is 0 Å². The van der Waals surface area contributed by atoms with Crippen molar-refractivity contribution in [2.75, 3.05) is 6.54 Å². The molecule has 2 nitrogen and oxygen atoms in total. The number of benzene rings is 1. The van der Waals surface area contributed by atoms with E-state index in [1.807, 2.05) is 31.2 Å². The third kappa shape index (κ3) is 3.55. The maximum Gasteiger partial charge on any atom is 0.284 e. The summed E-state index contributed by atoms with van der Waals surface area (Å²) in [7, 11) is 0. The van der Waals surface area contributed by atoms with Gasteiger partial charge in [-0.15, -0.1) is 6.42 Å². The quantitative estimate of drug-likeness (QED) is 0.593. The molecule has 3 heteroatoms. The molecule has 1 amide bonds. The van der Waals surface area contributed by atoms with Gasteiger partial charge in [-0.05, 0) is 30.8 Å². The van der Waals surface area contributed by atoms with E-state index in [-0.39, 0.29) is 11.8 Å². The number of amides is 1. The number of rotatable bonds is 2. The van der Waals surface area contributed by atoms with Gasteiger partial charge in [0.2, 0.25) is 0 Å². The molecule has 0 spiro atoms. The Hall–Kier alpha value is -1.40. The van der Waals surface area contributed by atoms with Crippen LogP contribution in [-0.2, 0) is 0 Å². The molecule has 14 heavy (non-hydrogen) atoms. The van der Waals surface area contributed by atoms with E-state index in [4.69, 9.17) is 6.42 Å². The third-order valence-corrected chi connectivity index (χ3v) is 2.35. The summed E-state index contributed by atoms with van der Waals surface area (Å²) in [4.78, 5) is 12.2. The van der Waals surface area contributed by atoms with E-state index in [0.717, 1.165) is 22.2 Å². The summed E-state index contributed by atoms with van der Waals surface area (Å²) in [6, 6.07) is 7.77. The molecular weight excluding hydrogens is 194 g/mol. The standard InChI is InChI=1S/C11H11NOS/c1-3-7-12-11(13)14-10-6-4-5-9(2)8-10/h1,4-6,8H,7H2,2H3,(H,12,13). The monoisotopic (exact) mass is 205 g/mol. The van der Waals surface area contributed by atoms with Gasteiger partial charge >= 0.3 is 0 Å². The van der Waals surface area contributed by atoms with Gasteiger partial charge < -0.3 is 5.32 Å². The number of terminal acetylenes is 1. The molecule has 0 radical (unpaired) electrons. The van der Waals surface area contributed by atoms with Crippen LogP contribution < -0.4 is 5.32 Å². The number of aryl methyl sites for hydroxylation is 1. The molecule has 0 atom stereocenters. The number of hydrogen-bond donors (Lipinski definition) is 1. The van der Waals surface area contributed by atoms with Crippen molar-refractivity contribution in [2.45, 2.75) is 11.8 Å². The minimum absolute atomic E-state index is 0.117. The van der Waals surface area contributed by atoms with Gasteiger partial charge in [0.05, 0.1) is 6.54 Å². The molecule has 0 aliphatic rings. The maximum absolute atomic E-state index is 11.2. The topological polar surface area (TPSA) is 29.1 Å². The summed E-state index contributed by atoms with van der Waals surface area (Å²) in [5.74, 6) is 2.35. The van der Waals surface area contributed by atoms with Crippen LogP contribution in [0.4, 0.5) is 4.79 Å². The lowest BCUT2D eigenvalue weighted by Gasteiger charge is -2.01. The van der Waals surface area contributed by atoms with Crippen LogP contribution in [0, 0.1) is 19.3 Å². The van der Waals surface area contributed by atoms with Crippen molar-refractivity contribution in [3.05, 3.63) is 29.8 Å². The molecule has 1 rings (SSSR count). The second-order valence-electron chi connectivity index (χ2n) is 2.76. The summed E-state index contributed by atoms with van der Waals surface area (Å²) < 4.78 is 0. The van der Waals surface area contributed by atoms with E-state index in [9.17, 15) is 4.79 Å². The van der Waals surface area contributed by atoms with Gasteiger partial charge in [0.1, 0.15) is 0 Å². The Morgan fingerprint density at radius 1 is 1.64 bits per heavy atom. The number of hydrogen-bond acceptors (Lipinski definition) is 2. The SMILES string of the molecule is C#CCNC(=O)Sc1cccc(C)c1. The molecule has 1 N–H and O–H groups in total. The minimum Gasteiger partial charge on any atom is -0.336 e. The fourth-order valence-electron chi connectivity index (χ4n) is 0.945. The fraction of sp³-hybridized carbons (Fsp3) is 0.182. The first-order valence-corrected chi connectivity index (χ1v) is 5.00. The van der Waals surface area contributed by atoms with Crippen LogP contribution in [0.25, 0.3) is 0 Å². The first kappa shape index (κ1) is 10.7. The van der Waals surface area contributed by atoms with Gasteiger partial charge in [-0.1, -0.05) is 23.6 Å². The van der Waals surface area contributed by atoms with Crippen molar-refractivity contribution in [3.63, 3.8) is 0 Å². The van der Waals surface area contributed by atoms with E-state index in [2.05, 4.69) is 11.2 Å². The van der Waals surface area contributed by atoms with E-state index in [0.29, 0.717) is 0 Å². The van der Waals surface area contributed by atoms with Crippen molar-refractivity contribution in [2.24, 2.45) is 0 Å². The molecule has 0 unspecified atom stereocenters. The first-order chi connectivity index (χ1) is 6.72. The van der Waals surface area contributed by atoms with Crippen molar-refractivity contribution < 1.29 is 4.79 Å². The average Bonchev–Trinajstić information content (AvgIpc) is 2.15. The first-order valence-electron chi connectivity index (χ1n) is 4.18. The predicted molar refractivity (Wildman–Crippen MR) is 59.3 cm³/mol. The second-order valence-corrected chi connectivity index (χ2v) is 3.81. The molecule has 0 aromatic heterocycles. The molecule has 0 heterocycles. The summed E-state index contributed by atoms with van der Waals surface area (Å²) in [5.41, 5.74) is 1.14. The van der Waals surface area contributed by atoms with Crippen LogP contribution >= 0.6 is 11.8 Å². The predicted octanol–water partition coefficient (Wildman–Crippen LogP) is 2.43. The van der Waals surface area contributed by atoms with Crippen molar-refractivity contribution in [1.82, 2.24) is 5.32 Å². The Morgan fingerprint density at radius 2 is 2.43 bits per heavy atom. The van der Waals surface area contributed by atoms with E-state index < -0.39 is 0 Å². The number of carbonyl (C=O) groups excluding carboxylic acids is 1. The number of carbonyl (C=O) groups is 1. The van der Waals surface area contributed by atoms with Crippen molar-refractivity contribution in [1.29, 1.82) is 0 Å². The molecule has 0 fully saturated rings. The van der Waals surface area contributed by atoms with Crippen LogP contribution in [0.5, 0.6) is 0 Å². The lowest BCUT2D eigenvalue weighted by molar-refractivity contribution is 0.261. The Morgan fingerprint density at radius 3 is 3.07 bits per heavy atom. The molecule has 1 aromatic rings. The molecule has 72 valence electrons. The summed E-state index contributed by atoms with van der Waals surface area (Å²) in [6.07, 6.45) is 5.02. The highest BCUT2D eigenvalue weighted by Gasteiger charge is 2.02. The lowest BCUT2D eigenvalue weighted by atomic mass is 10.2. The van der Waals surface area contributed by atoms with E-state index >= 15 is 0 Å². The van der Waals surface area contributed by atoms with Gasteiger partial charge in [-0.3, -0.25) is 4.79 Å². The molecular formula is C11H11NOS. The summed E-state index contributed by atoms with van der Waals surface area (Å²) >= 11 is 1.15. The second kappa shape index (κ2) is 5.36. The number of thioether (sulfide) groups is 1. The Kier molecular flexibility index (Phi) is 4.09. The highest BCUT2D eigenvalue weighted by Crippen LogP contribution is 2.19. The van der Waals surface area contributed by atoms with Gasteiger partial charge in [-0.25, -0.2) is 0 Å². The summed E-state index contributed by atoms with van der Waals surface area (Å²) in [5, 5.41) is 2.47. The molecule has 0 saturated heterocycles. The molecule has 1 aromatic carbocycles. The van der Waals surface area contributed by atoms with Crippen molar-refractivity contribution >= 4 is 17.0 Å². The lowest BCUT2D eigenvalue weighted by Crippen LogP contribution is -2.18. The zero-order valence-electron chi connectivity index (χ0n) is 7.91. The molecule has 0 aliphatic carbocycles. The van der Waals surface area contributed by atoms with E-state index in [1.54, 1.807) is 0 Å². The minimum atomic E-state index is -0.117. The van der Waals surface area contributed by atoms with Crippen LogP contribution in [0.2, 0.25) is 0 Å². The number of nitrogens with one attached hydrogen (secondary N) is 1. The largest absolute Gasteiger partial charge is 0.336 e. The molecule has 0 aliphatic heterocycles. The zero-order valence-corrected chi connectivity index (χ0v) is 8.73. The van der Waals surface area contributed by atoms with Gasteiger partial charge in [0.25, 0.3) is 5.24 Å². The maximum atomic E-state index is 11.2. The van der Waals surface area contributed by atoms with Crippen LogP contribution in [0.1, 0.15) is 5.56 Å². The Balaban J connectivity index is 2.53. The molecule has 0 saturated carbocycles. The van der Waals surface area contributed by atoms with Crippen LogP contribution in [-0.4, -0.2) is 11.8 Å². The normalized spacial score (nSPS) is 9.14. The van der Waals surface area contributed by atoms with Gasteiger partial charge in [0.15, 0.2) is 0 Å². The Labute approximate surface area is 88.1 Å². The smallest absolute Gasteiger partial charge is 0.284 e. The van der Waals surface area contributed by atoms with Gasteiger partial charge in [0, 0.05) is 4.90 Å². The highest BCUT2D eigenvalue weighted by atomic mass is 32.2. The van der Waals surface area contributed by atoms with Crippen LogP contribution in [0.3, 0.4) is 0 Å². The average molecular weight is 205 g/mol. The van der Waals surface area contributed by atoms with Gasteiger partial charge in [-0.2, -0.15) is 0 Å². The Bertz CT molecular complexity index is 368. The fourth-order valence-corrected chi connectivity index (χ4v) is 1.69. The third-order valence-electron chi connectivity index (χ3n) is 1.53. The summed E-state index contributed by atoms with van der Waals surface area (Å²) in [6.45, 7) is 2.26.